The highest BCUT2D eigenvalue weighted by Crippen LogP contribution is 2.40. The van der Waals surface area contributed by atoms with E-state index in [2.05, 4.69) is 5.32 Å². The minimum Gasteiger partial charge on any atom is -0.496 e. The number of hydrogen-bond acceptors (Lipinski definition) is 4. The van der Waals surface area contributed by atoms with E-state index in [9.17, 15) is 4.79 Å². The standard InChI is InChI=1S/C25H26N2O2S/c1-17-12-13-19(14-21(17)29-2)16-27-25-23(20-10-6-7-11-22(20)30-25)24(28)26-15-18-8-4-3-5-9-18/h3-5,8-9,12-14,16H,6-7,10-11,15H2,1-2H3,(H,26,28). The lowest BCUT2D eigenvalue weighted by Crippen LogP contribution is -2.24. The van der Waals surface area contributed by atoms with Crippen LogP contribution >= 0.6 is 11.3 Å². The van der Waals surface area contributed by atoms with Crippen LogP contribution in [0.25, 0.3) is 0 Å². The number of benzene rings is 2. The van der Waals surface area contributed by atoms with E-state index in [0.29, 0.717) is 6.54 Å². The quantitative estimate of drug-likeness (QED) is 0.528. The smallest absolute Gasteiger partial charge is 0.254 e. The molecule has 0 saturated heterocycles. The van der Waals surface area contributed by atoms with Gasteiger partial charge in [-0.1, -0.05) is 42.5 Å². The monoisotopic (exact) mass is 418 g/mol. The van der Waals surface area contributed by atoms with Gasteiger partial charge in [-0.3, -0.25) is 4.79 Å². The second-order valence-corrected chi connectivity index (χ2v) is 8.63. The third-order valence-corrected chi connectivity index (χ3v) is 6.64. The fourth-order valence-corrected chi connectivity index (χ4v) is 5.02. The number of rotatable bonds is 6. The van der Waals surface area contributed by atoms with E-state index in [4.69, 9.17) is 9.73 Å². The lowest BCUT2D eigenvalue weighted by molar-refractivity contribution is 0.0951. The summed E-state index contributed by atoms with van der Waals surface area (Å²) in [6.07, 6.45) is 6.12. The minimum atomic E-state index is -0.0353. The van der Waals surface area contributed by atoms with Gasteiger partial charge in [-0.15, -0.1) is 11.3 Å². The highest BCUT2D eigenvalue weighted by Gasteiger charge is 2.25. The molecular formula is C25H26N2O2S. The van der Waals surface area contributed by atoms with Crippen LogP contribution in [0.2, 0.25) is 0 Å². The van der Waals surface area contributed by atoms with Crippen molar-refractivity contribution in [3.8, 4) is 5.75 Å². The van der Waals surface area contributed by atoms with E-state index < -0.39 is 0 Å². The van der Waals surface area contributed by atoms with Gasteiger partial charge < -0.3 is 10.1 Å². The zero-order chi connectivity index (χ0) is 20.9. The summed E-state index contributed by atoms with van der Waals surface area (Å²) < 4.78 is 5.42. The fourth-order valence-electron chi connectivity index (χ4n) is 3.79. The first kappa shape index (κ1) is 20.4. The van der Waals surface area contributed by atoms with Gasteiger partial charge in [0.2, 0.25) is 0 Å². The number of nitrogens with one attached hydrogen (secondary N) is 1. The molecule has 1 aliphatic carbocycles. The topological polar surface area (TPSA) is 50.7 Å². The summed E-state index contributed by atoms with van der Waals surface area (Å²) in [6, 6.07) is 16.0. The van der Waals surface area contributed by atoms with Crippen LogP contribution in [0.5, 0.6) is 5.75 Å². The van der Waals surface area contributed by atoms with Crippen molar-refractivity contribution in [2.45, 2.75) is 39.2 Å². The van der Waals surface area contributed by atoms with E-state index in [1.54, 1.807) is 18.4 Å². The summed E-state index contributed by atoms with van der Waals surface area (Å²) in [5, 5.41) is 3.89. The summed E-state index contributed by atoms with van der Waals surface area (Å²) in [6.45, 7) is 2.53. The number of aryl methyl sites for hydroxylation is 2. The number of carbonyl (C=O) groups excluding carboxylic acids is 1. The van der Waals surface area contributed by atoms with Crippen LogP contribution in [0.4, 0.5) is 5.00 Å². The van der Waals surface area contributed by atoms with Gasteiger partial charge >= 0.3 is 0 Å². The van der Waals surface area contributed by atoms with Gasteiger partial charge in [-0.05, 0) is 60.9 Å². The predicted molar refractivity (Wildman–Crippen MR) is 124 cm³/mol. The number of amides is 1. The molecule has 0 fully saturated rings. The first-order valence-corrected chi connectivity index (χ1v) is 11.1. The molecule has 1 N–H and O–H groups in total. The second kappa shape index (κ2) is 9.26. The number of fused-ring (bicyclic) bond motifs is 1. The van der Waals surface area contributed by atoms with Crippen molar-refractivity contribution in [1.29, 1.82) is 0 Å². The van der Waals surface area contributed by atoms with E-state index in [0.717, 1.165) is 52.3 Å². The van der Waals surface area contributed by atoms with Crippen LogP contribution < -0.4 is 10.1 Å². The van der Waals surface area contributed by atoms with E-state index >= 15 is 0 Å². The first-order chi connectivity index (χ1) is 14.7. The van der Waals surface area contributed by atoms with Gasteiger partial charge in [0.25, 0.3) is 5.91 Å². The SMILES string of the molecule is COc1cc(C=Nc2sc3c(c2C(=O)NCc2ccccc2)CCCC3)ccc1C. The molecule has 0 unspecified atom stereocenters. The molecule has 0 atom stereocenters. The average Bonchev–Trinajstić information content (AvgIpc) is 3.16. The molecule has 0 spiro atoms. The van der Waals surface area contributed by atoms with Gasteiger partial charge in [0.1, 0.15) is 10.8 Å². The van der Waals surface area contributed by atoms with Crippen LogP contribution in [0.1, 0.15) is 50.3 Å². The molecule has 2 aromatic carbocycles. The van der Waals surface area contributed by atoms with Crippen LogP contribution in [-0.4, -0.2) is 19.2 Å². The third-order valence-electron chi connectivity index (χ3n) is 5.44. The van der Waals surface area contributed by atoms with Crippen molar-refractivity contribution in [1.82, 2.24) is 5.32 Å². The minimum absolute atomic E-state index is 0.0353. The molecule has 154 valence electrons. The molecule has 5 heteroatoms. The molecule has 0 saturated carbocycles. The summed E-state index contributed by atoms with van der Waals surface area (Å²) in [4.78, 5) is 19.2. The summed E-state index contributed by atoms with van der Waals surface area (Å²) >= 11 is 1.65. The Morgan fingerprint density at radius 1 is 1.17 bits per heavy atom. The molecule has 1 aliphatic rings. The highest BCUT2D eigenvalue weighted by molar-refractivity contribution is 7.16. The molecule has 0 aliphatic heterocycles. The Hall–Kier alpha value is -2.92. The van der Waals surface area contributed by atoms with Gasteiger partial charge in [-0.25, -0.2) is 4.99 Å². The fraction of sp³-hybridized carbons (Fsp3) is 0.280. The molecule has 4 nitrogen and oxygen atoms in total. The summed E-state index contributed by atoms with van der Waals surface area (Å²) in [5.41, 5.74) is 5.07. The van der Waals surface area contributed by atoms with Crippen molar-refractivity contribution in [2.75, 3.05) is 7.11 Å². The molecule has 30 heavy (non-hydrogen) atoms. The molecule has 1 amide bonds. The number of hydrogen-bond donors (Lipinski definition) is 1. The van der Waals surface area contributed by atoms with Crippen molar-refractivity contribution in [3.05, 3.63) is 81.2 Å². The van der Waals surface area contributed by atoms with Gasteiger partial charge in [0.15, 0.2) is 0 Å². The molecule has 0 radical (unpaired) electrons. The van der Waals surface area contributed by atoms with Crippen molar-refractivity contribution in [2.24, 2.45) is 4.99 Å². The van der Waals surface area contributed by atoms with E-state index in [-0.39, 0.29) is 5.91 Å². The normalized spacial score (nSPS) is 13.3. The molecule has 4 rings (SSSR count). The van der Waals surface area contributed by atoms with E-state index in [1.165, 1.54) is 16.9 Å². The molecule has 0 bridgehead atoms. The Balaban J connectivity index is 1.61. The number of carbonyl (C=O) groups is 1. The zero-order valence-electron chi connectivity index (χ0n) is 17.4. The third kappa shape index (κ3) is 4.46. The van der Waals surface area contributed by atoms with Crippen LogP contribution in [0.3, 0.4) is 0 Å². The number of thiophene rings is 1. The Kier molecular flexibility index (Phi) is 6.29. The van der Waals surface area contributed by atoms with Crippen molar-refractivity contribution >= 4 is 28.5 Å². The largest absolute Gasteiger partial charge is 0.496 e. The molecule has 1 aromatic heterocycles. The Bertz CT molecular complexity index is 1070. The molecule has 1 heterocycles. The maximum atomic E-state index is 13.1. The average molecular weight is 419 g/mol. The van der Waals surface area contributed by atoms with Crippen LogP contribution in [-0.2, 0) is 19.4 Å². The Morgan fingerprint density at radius 3 is 2.77 bits per heavy atom. The summed E-state index contributed by atoms with van der Waals surface area (Å²) in [5.74, 6) is 0.803. The predicted octanol–water partition coefficient (Wildman–Crippen LogP) is 5.62. The number of methoxy groups -OCH3 is 1. The maximum Gasteiger partial charge on any atom is 0.254 e. The number of ether oxygens (including phenoxy) is 1. The molecular weight excluding hydrogens is 392 g/mol. The van der Waals surface area contributed by atoms with E-state index in [1.807, 2.05) is 61.7 Å². The lowest BCUT2D eigenvalue weighted by Gasteiger charge is -2.12. The Morgan fingerprint density at radius 2 is 1.97 bits per heavy atom. The van der Waals surface area contributed by atoms with Gasteiger partial charge in [-0.2, -0.15) is 0 Å². The van der Waals surface area contributed by atoms with Crippen molar-refractivity contribution < 1.29 is 9.53 Å². The van der Waals surface area contributed by atoms with Gasteiger partial charge in [0, 0.05) is 17.6 Å². The van der Waals surface area contributed by atoms with Gasteiger partial charge in [0.05, 0.1) is 12.7 Å². The number of aliphatic imine (C=N–C) groups is 1. The zero-order valence-corrected chi connectivity index (χ0v) is 18.2. The lowest BCUT2D eigenvalue weighted by atomic mass is 9.95. The summed E-state index contributed by atoms with van der Waals surface area (Å²) in [7, 11) is 1.67. The van der Waals surface area contributed by atoms with Crippen LogP contribution in [0, 0.1) is 6.92 Å². The van der Waals surface area contributed by atoms with Crippen molar-refractivity contribution in [3.63, 3.8) is 0 Å². The highest BCUT2D eigenvalue weighted by atomic mass is 32.1. The number of nitrogens with zero attached hydrogens (tertiary/aromatic N) is 1. The Labute approximate surface area is 181 Å². The molecule has 3 aromatic rings. The second-order valence-electron chi connectivity index (χ2n) is 7.55. The van der Waals surface area contributed by atoms with Crippen LogP contribution in [0.15, 0.2) is 53.5 Å². The maximum absolute atomic E-state index is 13.1. The first-order valence-electron chi connectivity index (χ1n) is 10.3.